The summed E-state index contributed by atoms with van der Waals surface area (Å²) >= 11 is 0. The molecule has 1 heterocycles. The Hall–Kier alpha value is -1.68. The lowest BCUT2D eigenvalue weighted by Crippen LogP contribution is -2.29. The maximum Gasteiger partial charge on any atom is 0.207 e. The van der Waals surface area contributed by atoms with Gasteiger partial charge in [-0.1, -0.05) is 18.6 Å². The molecular formula is C16H21N3O. The minimum absolute atomic E-state index is 0.00539. The highest BCUT2D eigenvalue weighted by Crippen LogP contribution is 2.28. The molecule has 2 aromatic rings. The van der Waals surface area contributed by atoms with Gasteiger partial charge in [0.1, 0.15) is 0 Å². The van der Waals surface area contributed by atoms with E-state index in [-0.39, 0.29) is 5.43 Å². The molecule has 0 spiro atoms. The number of rotatable bonds is 4. The summed E-state index contributed by atoms with van der Waals surface area (Å²) in [5.41, 5.74) is 0.949. The Morgan fingerprint density at radius 1 is 1.35 bits per heavy atom. The molecule has 1 fully saturated rings. The Morgan fingerprint density at radius 2 is 2.20 bits per heavy atom. The molecule has 1 aromatic carbocycles. The van der Waals surface area contributed by atoms with E-state index in [2.05, 4.69) is 17.5 Å². The predicted molar refractivity (Wildman–Crippen MR) is 80.8 cm³/mol. The first-order valence-electron chi connectivity index (χ1n) is 7.41. The highest BCUT2D eigenvalue weighted by Gasteiger charge is 2.25. The van der Waals surface area contributed by atoms with Crippen LogP contribution in [0.25, 0.3) is 10.9 Å². The van der Waals surface area contributed by atoms with Crippen LogP contribution < -0.4 is 10.7 Å². The lowest BCUT2D eigenvalue weighted by atomic mass is 10.00. The van der Waals surface area contributed by atoms with Gasteiger partial charge in [0.05, 0.1) is 11.7 Å². The van der Waals surface area contributed by atoms with Crippen molar-refractivity contribution >= 4 is 10.9 Å². The van der Waals surface area contributed by atoms with Gasteiger partial charge < -0.3 is 5.32 Å². The van der Waals surface area contributed by atoms with E-state index in [0.717, 1.165) is 29.8 Å². The molecule has 1 aromatic heterocycles. The van der Waals surface area contributed by atoms with Crippen molar-refractivity contribution < 1.29 is 0 Å². The van der Waals surface area contributed by atoms with Crippen molar-refractivity contribution in [2.45, 2.75) is 38.3 Å². The van der Waals surface area contributed by atoms with Crippen molar-refractivity contribution in [3.63, 3.8) is 0 Å². The van der Waals surface area contributed by atoms with E-state index in [9.17, 15) is 4.79 Å². The maximum atomic E-state index is 11.8. The third-order valence-electron chi connectivity index (χ3n) is 4.50. The number of nitrogens with one attached hydrogen (secondary N) is 1. The Labute approximate surface area is 118 Å². The molecule has 1 aliphatic carbocycles. The van der Waals surface area contributed by atoms with Crippen molar-refractivity contribution in [3.8, 4) is 0 Å². The van der Waals surface area contributed by atoms with E-state index in [1.165, 1.54) is 25.5 Å². The van der Waals surface area contributed by atoms with Crippen molar-refractivity contribution in [2.24, 2.45) is 5.92 Å². The van der Waals surface area contributed by atoms with E-state index >= 15 is 0 Å². The zero-order valence-electron chi connectivity index (χ0n) is 11.9. The Balaban J connectivity index is 1.81. The zero-order valence-corrected chi connectivity index (χ0v) is 11.9. The minimum atomic E-state index is 0.00539. The summed E-state index contributed by atoms with van der Waals surface area (Å²) in [6.45, 7) is 0.879. The van der Waals surface area contributed by atoms with Crippen LogP contribution in [0.5, 0.6) is 0 Å². The summed E-state index contributed by atoms with van der Waals surface area (Å²) in [4.78, 5) is 11.8. The SMILES string of the molecule is CNC1CCCC1CCn1ncc(=O)c2ccccc21. The number of fused-ring (bicyclic) bond motifs is 1. The summed E-state index contributed by atoms with van der Waals surface area (Å²) in [7, 11) is 2.05. The summed E-state index contributed by atoms with van der Waals surface area (Å²) < 4.78 is 1.97. The first-order valence-corrected chi connectivity index (χ1v) is 7.41. The average Bonchev–Trinajstić information content (AvgIpc) is 2.94. The smallest absolute Gasteiger partial charge is 0.207 e. The van der Waals surface area contributed by atoms with Gasteiger partial charge in [-0.3, -0.25) is 9.48 Å². The van der Waals surface area contributed by atoms with E-state index < -0.39 is 0 Å². The molecule has 3 rings (SSSR count). The normalized spacial score (nSPS) is 22.4. The van der Waals surface area contributed by atoms with Crippen LogP contribution in [0.3, 0.4) is 0 Å². The first kappa shape index (κ1) is 13.3. The summed E-state index contributed by atoms with van der Waals surface area (Å²) in [5.74, 6) is 0.722. The Kier molecular flexibility index (Phi) is 3.83. The standard InChI is InChI=1S/C16H21N3O/c1-17-14-7-4-5-12(14)9-10-19-15-8-3-2-6-13(15)16(20)11-18-19/h2-3,6,8,11-12,14,17H,4-5,7,9-10H2,1H3. The van der Waals surface area contributed by atoms with Crippen LogP contribution >= 0.6 is 0 Å². The van der Waals surface area contributed by atoms with Gasteiger partial charge in [-0.2, -0.15) is 5.10 Å². The molecular weight excluding hydrogens is 250 g/mol. The number of nitrogens with zero attached hydrogens (tertiary/aromatic N) is 2. The fourth-order valence-corrected chi connectivity index (χ4v) is 3.39. The quantitative estimate of drug-likeness (QED) is 0.927. The Morgan fingerprint density at radius 3 is 3.05 bits per heavy atom. The molecule has 0 bridgehead atoms. The van der Waals surface area contributed by atoms with Gasteiger partial charge in [0.2, 0.25) is 5.43 Å². The number of aryl methyl sites for hydroxylation is 1. The van der Waals surface area contributed by atoms with Crippen molar-refractivity contribution in [1.82, 2.24) is 15.1 Å². The maximum absolute atomic E-state index is 11.8. The Bertz CT molecular complexity index is 649. The molecule has 1 aliphatic rings. The molecule has 2 unspecified atom stereocenters. The number of para-hydroxylation sites is 1. The van der Waals surface area contributed by atoms with Gasteiger partial charge in [-0.15, -0.1) is 0 Å². The molecule has 4 heteroatoms. The van der Waals surface area contributed by atoms with Gasteiger partial charge in [0.25, 0.3) is 0 Å². The molecule has 1 saturated carbocycles. The molecule has 1 N–H and O–H groups in total. The van der Waals surface area contributed by atoms with E-state index in [1.54, 1.807) is 0 Å². The van der Waals surface area contributed by atoms with Crippen molar-refractivity contribution in [3.05, 3.63) is 40.7 Å². The van der Waals surface area contributed by atoms with Crippen LogP contribution in [0.15, 0.2) is 35.3 Å². The summed E-state index contributed by atoms with van der Waals surface area (Å²) in [6, 6.07) is 8.37. The van der Waals surface area contributed by atoms with Gasteiger partial charge in [-0.05, 0) is 44.4 Å². The monoisotopic (exact) mass is 271 g/mol. The lowest BCUT2D eigenvalue weighted by molar-refractivity contribution is 0.371. The van der Waals surface area contributed by atoms with Crippen LogP contribution in [-0.2, 0) is 6.54 Å². The van der Waals surface area contributed by atoms with Crippen LogP contribution in [-0.4, -0.2) is 22.9 Å². The fourth-order valence-electron chi connectivity index (χ4n) is 3.39. The molecule has 106 valence electrons. The molecule has 4 nitrogen and oxygen atoms in total. The van der Waals surface area contributed by atoms with E-state index in [1.807, 2.05) is 28.9 Å². The molecule has 20 heavy (non-hydrogen) atoms. The van der Waals surface area contributed by atoms with Gasteiger partial charge >= 0.3 is 0 Å². The van der Waals surface area contributed by atoms with Gasteiger partial charge in [0.15, 0.2) is 0 Å². The topological polar surface area (TPSA) is 46.9 Å². The fraction of sp³-hybridized carbons (Fsp3) is 0.500. The number of hydrogen-bond acceptors (Lipinski definition) is 3. The average molecular weight is 271 g/mol. The van der Waals surface area contributed by atoms with E-state index in [4.69, 9.17) is 0 Å². The van der Waals surface area contributed by atoms with Crippen LogP contribution in [0.4, 0.5) is 0 Å². The second-order valence-corrected chi connectivity index (χ2v) is 5.62. The predicted octanol–water partition coefficient (Wildman–Crippen LogP) is 2.17. The number of benzene rings is 1. The van der Waals surface area contributed by atoms with Crippen LogP contribution in [0, 0.1) is 5.92 Å². The molecule has 2 atom stereocenters. The molecule has 0 aliphatic heterocycles. The van der Waals surface area contributed by atoms with E-state index in [0.29, 0.717) is 6.04 Å². The number of aromatic nitrogens is 2. The lowest BCUT2D eigenvalue weighted by Gasteiger charge is -2.19. The first-order chi connectivity index (χ1) is 9.79. The minimum Gasteiger partial charge on any atom is -0.317 e. The van der Waals surface area contributed by atoms with Gasteiger partial charge in [0, 0.05) is 18.0 Å². The van der Waals surface area contributed by atoms with Crippen molar-refractivity contribution in [2.75, 3.05) is 7.05 Å². The third-order valence-corrected chi connectivity index (χ3v) is 4.50. The largest absolute Gasteiger partial charge is 0.317 e. The summed E-state index contributed by atoms with van der Waals surface area (Å²) in [6.07, 6.45) is 6.44. The van der Waals surface area contributed by atoms with Crippen molar-refractivity contribution in [1.29, 1.82) is 0 Å². The second-order valence-electron chi connectivity index (χ2n) is 5.62. The second kappa shape index (κ2) is 5.75. The van der Waals surface area contributed by atoms with Gasteiger partial charge in [-0.25, -0.2) is 0 Å². The molecule has 0 amide bonds. The van der Waals surface area contributed by atoms with Crippen LogP contribution in [0.2, 0.25) is 0 Å². The van der Waals surface area contributed by atoms with Crippen LogP contribution in [0.1, 0.15) is 25.7 Å². The highest BCUT2D eigenvalue weighted by molar-refractivity contribution is 5.77. The highest BCUT2D eigenvalue weighted by atomic mass is 16.1. The number of hydrogen-bond donors (Lipinski definition) is 1. The molecule has 0 saturated heterocycles. The summed E-state index contributed by atoms with van der Waals surface area (Å²) in [5, 5.41) is 8.48. The molecule has 0 radical (unpaired) electrons. The zero-order chi connectivity index (χ0) is 13.9. The third kappa shape index (κ3) is 2.48.